The summed E-state index contributed by atoms with van der Waals surface area (Å²) in [7, 11) is 0. The van der Waals surface area contributed by atoms with Gasteiger partial charge in [0, 0.05) is 26.7 Å². The summed E-state index contributed by atoms with van der Waals surface area (Å²) in [5.41, 5.74) is 0. The summed E-state index contributed by atoms with van der Waals surface area (Å²) in [4.78, 5) is 33.6. The Kier molecular flexibility index (Phi) is 14.3. The van der Waals surface area contributed by atoms with Gasteiger partial charge in [-0.3, -0.25) is 14.4 Å². The second kappa shape index (κ2) is 15.2. The van der Waals surface area contributed by atoms with Crippen molar-refractivity contribution in [3.05, 3.63) is 0 Å². The average Bonchev–Trinajstić information content (AvgIpc) is 2.50. The Bertz CT molecular complexity index is 365. The molecule has 5 heteroatoms. The summed E-state index contributed by atoms with van der Waals surface area (Å²) in [5, 5.41) is 0. The van der Waals surface area contributed by atoms with Crippen LogP contribution in [-0.2, 0) is 23.9 Å². The molecule has 0 aromatic heterocycles. The lowest BCUT2D eigenvalue weighted by atomic mass is 10.0. The van der Waals surface area contributed by atoms with Crippen LogP contribution in [0.5, 0.6) is 0 Å². The highest BCUT2D eigenvalue weighted by Gasteiger charge is 2.12. The van der Waals surface area contributed by atoms with Gasteiger partial charge in [0.25, 0.3) is 0 Å². The average molecular weight is 342 g/mol. The molecule has 0 spiro atoms. The Morgan fingerprint density at radius 1 is 0.792 bits per heavy atom. The van der Waals surface area contributed by atoms with Gasteiger partial charge in [-0.1, -0.05) is 19.8 Å². The molecule has 0 fully saturated rings. The first-order chi connectivity index (χ1) is 11.5. The molecule has 0 aliphatic carbocycles. The van der Waals surface area contributed by atoms with Gasteiger partial charge in [0.1, 0.15) is 11.9 Å². The molecule has 5 nitrogen and oxygen atoms in total. The Hall–Kier alpha value is -1.39. The van der Waals surface area contributed by atoms with Crippen LogP contribution in [-0.4, -0.2) is 30.4 Å². The molecule has 0 radical (unpaired) electrons. The molecule has 0 amide bonds. The van der Waals surface area contributed by atoms with E-state index in [-0.39, 0.29) is 23.8 Å². The fourth-order valence-corrected chi connectivity index (χ4v) is 2.59. The summed E-state index contributed by atoms with van der Waals surface area (Å²) in [6.07, 6.45) is 9.39. The topological polar surface area (TPSA) is 69.7 Å². The molecule has 0 N–H and O–H groups in total. The second-order valence-corrected chi connectivity index (χ2v) is 6.31. The highest BCUT2D eigenvalue weighted by atomic mass is 16.5. The molecule has 0 saturated heterocycles. The van der Waals surface area contributed by atoms with Crippen molar-refractivity contribution in [2.75, 3.05) is 6.61 Å². The number of Topliss-reactive ketones (excluding diaryl/α,β-unsaturated/α-hetero) is 1. The zero-order chi connectivity index (χ0) is 18.2. The minimum absolute atomic E-state index is 0.0504. The molecule has 0 heterocycles. The van der Waals surface area contributed by atoms with Crippen LogP contribution < -0.4 is 0 Å². The summed E-state index contributed by atoms with van der Waals surface area (Å²) in [6, 6.07) is 0. The van der Waals surface area contributed by atoms with Crippen molar-refractivity contribution in [1.82, 2.24) is 0 Å². The van der Waals surface area contributed by atoms with Crippen LogP contribution in [0.4, 0.5) is 0 Å². The van der Waals surface area contributed by atoms with Gasteiger partial charge in [-0.25, -0.2) is 0 Å². The maximum Gasteiger partial charge on any atom is 0.302 e. The predicted octanol–water partition coefficient (Wildman–Crippen LogP) is 4.36. The molecule has 0 aliphatic rings. The van der Waals surface area contributed by atoms with E-state index in [1.807, 2.05) is 0 Å². The van der Waals surface area contributed by atoms with Gasteiger partial charge in [-0.2, -0.15) is 0 Å². The molecule has 1 atom stereocenters. The Balaban J connectivity index is 3.73. The third-order valence-electron chi connectivity index (χ3n) is 3.85. The van der Waals surface area contributed by atoms with Crippen LogP contribution in [0.2, 0.25) is 0 Å². The standard InChI is InChI=1S/C19H34O5/c1-4-5-7-13-19(24-17(3)21)14-10-12-18(22)11-8-6-9-15-23-16(2)20/h19H,4-15H2,1-3H3. The fourth-order valence-electron chi connectivity index (χ4n) is 2.59. The Labute approximate surface area is 146 Å². The van der Waals surface area contributed by atoms with Gasteiger partial charge in [-0.05, 0) is 44.9 Å². The SMILES string of the molecule is CCCCCC(CCCC(=O)CCCCCOC(C)=O)OC(C)=O. The van der Waals surface area contributed by atoms with Gasteiger partial charge >= 0.3 is 11.9 Å². The number of rotatable bonds is 15. The molecule has 140 valence electrons. The molecule has 0 aromatic rings. The third-order valence-corrected chi connectivity index (χ3v) is 3.85. The zero-order valence-electron chi connectivity index (χ0n) is 15.6. The lowest BCUT2D eigenvalue weighted by Crippen LogP contribution is -2.16. The molecule has 0 saturated carbocycles. The highest BCUT2D eigenvalue weighted by Crippen LogP contribution is 2.15. The van der Waals surface area contributed by atoms with Crippen LogP contribution >= 0.6 is 0 Å². The summed E-state index contributed by atoms with van der Waals surface area (Å²) in [5.74, 6) is -0.236. The molecule has 0 rings (SSSR count). The van der Waals surface area contributed by atoms with Crippen LogP contribution in [0.15, 0.2) is 0 Å². The van der Waals surface area contributed by atoms with Crippen LogP contribution in [0.25, 0.3) is 0 Å². The van der Waals surface area contributed by atoms with E-state index in [0.29, 0.717) is 19.4 Å². The number of ketones is 1. The molecule has 0 bridgehead atoms. The largest absolute Gasteiger partial charge is 0.466 e. The van der Waals surface area contributed by atoms with Gasteiger partial charge < -0.3 is 9.47 Å². The first-order valence-electron chi connectivity index (χ1n) is 9.28. The van der Waals surface area contributed by atoms with Gasteiger partial charge in [0.2, 0.25) is 0 Å². The zero-order valence-corrected chi connectivity index (χ0v) is 15.6. The van der Waals surface area contributed by atoms with Crippen LogP contribution in [0.1, 0.15) is 91.4 Å². The number of carbonyl (C=O) groups is 3. The number of unbranched alkanes of at least 4 members (excludes halogenated alkanes) is 4. The number of carbonyl (C=O) groups excluding carboxylic acids is 3. The predicted molar refractivity (Wildman–Crippen MR) is 93.7 cm³/mol. The van der Waals surface area contributed by atoms with Gasteiger partial charge in [0.15, 0.2) is 0 Å². The molecule has 1 unspecified atom stereocenters. The highest BCUT2D eigenvalue weighted by molar-refractivity contribution is 5.78. The van der Waals surface area contributed by atoms with Crippen molar-refractivity contribution < 1.29 is 23.9 Å². The fraction of sp³-hybridized carbons (Fsp3) is 0.842. The lowest BCUT2D eigenvalue weighted by Gasteiger charge is -2.16. The van der Waals surface area contributed by atoms with Crippen molar-refractivity contribution in [2.24, 2.45) is 0 Å². The minimum atomic E-state index is -0.257. The van der Waals surface area contributed by atoms with Gasteiger partial charge in [0.05, 0.1) is 6.61 Å². The van der Waals surface area contributed by atoms with E-state index in [2.05, 4.69) is 6.92 Å². The Morgan fingerprint density at radius 2 is 1.46 bits per heavy atom. The van der Waals surface area contributed by atoms with E-state index < -0.39 is 0 Å². The summed E-state index contributed by atoms with van der Waals surface area (Å²) < 4.78 is 10.2. The van der Waals surface area contributed by atoms with Gasteiger partial charge in [-0.15, -0.1) is 0 Å². The van der Waals surface area contributed by atoms with Crippen molar-refractivity contribution in [2.45, 2.75) is 97.5 Å². The van der Waals surface area contributed by atoms with Crippen LogP contribution in [0, 0.1) is 0 Å². The number of hydrogen-bond donors (Lipinski definition) is 0. The molecule has 0 aromatic carbocycles. The molecular weight excluding hydrogens is 308 g/mol. The van der Waals surface area contributed by atoms with Crippen molar-refractivity contribution >= 4 is 17.7 Å². The first-order valence-corrected chi connectivity index (χ1v) is 9.28. The van der Waals surface area contributed by atoms with Crippen molar-refractivity contribution in [1.29, 1.82) is 0 Å². The molecule has 24 heavy (non-hydrogen) atoms. The van der Waals surface area contributed by atoms with Crippen molar-refractivity contribution in [3.63, 3.8) is 0 Å². The second-order valence-electron chi connectivity index (χ2n) is 6.31. The normalized spacial score (nSPS) is 11.8. The van der Waals surface area contributed by atoms with E-state index in [1.54, 1.807) is 0 Å². The monoisotopic (exact) mass is 342 g/mol. The van der Waals surface area contributed by atoms with E-state index >= 15 is 0 Å². The Morgan fingerprint density at radius 3 is 2.08 bits per heavy atom. The van der Waals surface area contributed by atoms with E-state index in [9.17, 15) is 14.4 Å². The van der Waals surface area contributed by atoms with E-state index in [1.165, 1.54) is 13.8 Å². The number of hydrogen-bond acceptors (Lipinski definition) is 5. The van der Waals surface area contributed by atoms with E-state index in [4.69, 9.17) is 9.47 Å². The van der Waals surface area contributed by atoms with Crippen molar-refractivity contribution in [3.8, 4) is 0 Å². The first kappa shape index (κ1) is 22.6. The smallest absolute Gasteiger partial charge is 0.302 e. The number of esters is 2. The molecule has 0 aliphatic heterocycles. The summed E-state index contributed by atoms with van der Waals surface area (Å²) in [6.45, 7) is 5.42. The number of ether oxygens (including phenoxy) is 2. The summed E-state index contributed by atoms with van der Waals surface area (Å²) >= 11 is 0. The maximum absolute atomic E-state index is 11.9. The third kappa shape index (κ3) is 15.5. The van der Waals surface area contributed by atoms with E-state index in [0.717, 1.165) is 57.8 Å². The van der Waals surface area contributed by atoms with Crippen LogP contribution in [0.3, 0.4) is 0 Å². The molecular formula is C19H34O5. The lowest BCUT2D eigenvalue weighted by molar-refractivity contribution is -0.147. The maximum atomic E-state index is 11.9. The minimum Gasteiger partial charge on any atom is -0.466 e. The quantitative estimate of drug-likeness (QED) is 0.327.